The molecule has 4 heteroatoms. The molecule has 4 nitrogen and oxygen atoms in total. The molecule has 55 heavy (non-hydrogen) atoms. The Kier molecular flexibility index (Phi) is 7.14. The maximum atomic E-state index is 6.36. The predicted molar refractivity (Wildman–Crippen MR) is 227 cm³/mol. The number of furan rings is 1. The molecule has 0 unspecified atom stereocenters. The number of para-hydroxylation sites is 2. The second-order valence-electron chi connectivity index (χ2n) is 13.9. The summed E-state index contributed by atoms with van der Waals surface area (Å²) in [4.78, 5) is 7.47. The first-order valence-corrected chi connectivity index (χ1v) is 18.5. The maximum absolute atomic E-state index is 6.36. The van der Waals surface area contributed by atoms with Gasteiger partial charge in [0.2, 0.25) is 5.89 Å². The maximum Gasteiger partial charge on any atom is 0.227 e. The van der Waals surface area contributed by atoms with Crippen LogP contribution in [0.1, 0.15) is 0 Å². The average molecular weight is 705 g/mol. The first-order chi connectivity index (χ1) is 27.3. The van der Waals surface area contributed by atoms with Crippen LogP contribution in [0.15, 0.2) is 203 Å². The number of fused-ring (bicyclic) bond motifs is 8. The fraction of sp³-hybridized carbons (Fsp3) is 0. The molecule has 0 radical (unpaired) electrons. The van der Waals surface area contributed by atoms with Crippen molar-refractivity contribution in [2.24, 2.45) is 0 Å². The van der Waals surface area contributed by atoms with Gasteiger partial charge in [0.1, 0.15) is 16.7 Å². The van der Waals surface area contributed by atoms with Crippen molar-refractivity contribution in [3.63, 3.8) is 0 Å². The number of oxazole rings is 1. The van der Waals surface area contributed by atoms with Gasteiger partial charge in [0.05, 0.1) is 5.69 Å². The van der Waals surface area contributed by atoms with Gasteiger partial charge in [0, 0.05) is 38.7 Å². The molecule has 2 aromatic heterocycles. The van der Waals surface area contributed by atoms with Gasteiger partial charge >= 0.3 is 0 Å². The molecule has 0 atom stereocenters. The van der Waals surface area contributed by atoms with E-state index in [9.17, 15) is 0 Å². The third kappa shape index (κ3) is 5.19. The number of nitrogens with zero attached hydrogens (tertiary/aromatic N) is 2. The van der Waals surface area contributed by atoms with Crippen LogP contribution in [0.25, 0.3) is 88.3 Å². The number of benzene rings is 9. The van der Waals surface area contributed by atoms with Crippen LogP contribution in [0.2, 0.25) is 0 Å². The van der Waals surface area contributed by atoms with E-state index in [2.05, 4.69) is 144 Å². The third-order valence-electron chi connectivity index (χ3n) is 10.7. The van der Waals surface area contributed by atoms with Gasteiger partial charge in [-0.25, -0.2) is 4.98 Å². The first kappa shape index (κ1) is 31.1. The van der Waals surface area contributed by atoms with Crippen molar-refractivity contribution in [1.29, 1.82) is 0 Å². The van der Waals surface area contributed by atoms with Crippen LogP contribution < -0.4 is 4.90 Å². The Morgan fingerprint density at radius 2 is 1.02 bits per heavy atom. The van der Waals surface area contributed by atoms with Crippen LogP contribution in [-0.2, 0) is 0 Å². The molecule has 0 N–H and O–H groups in total. The number of aromatic nitrogens is 1. The van der Waals surface area contributed by atoms with Crippen molar-refractivity contribution in [2.75, 3.05) is 4.90 Å². The highest BCUT2D eigenvalue weighted by molar-refractivity contribution is 6.19. The van der Waals surface area contributed by atoms with Crippen molar-refractivity contribution in [3.05, 3.63) is 194 Å². The third-order valence-corrected chi connectivity index (χ3v) is 10.7. The molecule has 11 rings (SSSR count). The molecule has 0 aliphatic rings. The summed E-state index contributed by atoms with van der Waals surface area (Å²) in [7, 11) is 0. The lowest BCUT2D eigenvalue weighted by Crippen LogP contribution is -2.11. The second-order valence-corrected chi connectivity index (χ2v) is 13.9. The molecule has 9 aromatic carbocycles. The summed E-state index contributed by atoms with van der Waals surface area (Å²) >= 11 is 0. The molecule has 0 saturated heterocycles. The largest absolute Gasteiger partial charge is 0.456 e. The summed E-state index contributed by atoms with van der Waals surface area (Å²) in [6.07, 6.45) is 0. The van der Waals surface area contributed by atoms with E-state index < -0.39 is 0 Å². The summed E-state index contributed by atoms with van der Waals surface area (Å²) < 4.78 is 12.6. The highest BCUT2D eigenvalue weighted by Gasteiger charge is 2.20. The molecule has 0 saturated carbocycles. The minimum absolute atomic E-state index is 0.619. The van der Waals surface area contributed by atoms with Crippen molar-refractivity contribution < 1.29 is 8.83 Å². The number of hydrogen-bond acceptors (Lipinski definition) is 4. The zero-order valence-corrected chi connectivity index (χ0v) is 29.7. The molecule has 0 spiro atoms. The van der Waals surface area contributed by atoms with Gasteiger partial charge < -0.3 is 13.7 Å². The molecule has 258 valence electrons. The zero-order valence-electron chi connectivity index (χ0n) is 29.7. The normalized spacial score (nSPS) is 11.6. The van der Waals surface area contributed by atoms with E-state index in [0.717, 1.165) is 99.5 Å². The summed E-state index contributed by atoms with van der Waals surface area (Å²) in [6.45, 7) is 0. The van der Waals surface area contributed by atoms with E-state index in [1.54, 1.807) is 0 Å². The van der Waals surface area contributed by atoms with Crippen LogP contribution in [-0.4, -0.2) is 4.98 Å². The quantitative estimate of drug-likeness (QED) is 0.162. The molecular formula is C51H32N2O2. The van der Waals surface area contributed by atoms with Crippen molar-refractivity contribution >= 4 is 71.6 Å². The molecule has 0 bridgehead atoms. The fourth-order valence-electron chi connectivity index (χ4n) is 8.12. The van der Waals surface area contributed by atoms with E-state index in [4.69, 9.17) is 13.8 Å². The summed E-state index contributed by atoms with van der Waals surface area (Å²) in [5, 5.41) is 6.71. The van der Waals surface area contributed by atoms with Crippen LogP contribution in [0, 0.1) is 0 Å². The van der Waals surface area contributed by atoms with E-state index in [1.165, 1.54) is 0 Å². The molecule has 0 amide bonds. The first-order valence-electron chi connectivity index (χ1n) is 18.5. The standard InChI is InChI=1S/C51H32N2O2/c1-3-12-33(13-4-1)40-16-7-9-19-44(40)53(38-28-24-34(25-29-38)41-18-11-21-46-49(41)42-17-8-10-20-45(42)54-46)39-30-26-35-22-23-36-27-31-47-50(48(36)43(35)32-39)52-51(55-47)37-14-5-2-6-15-37/h1-32H. The van der Waals surface area contributed by atoms with Crippen LogP contribution in [0.3, 0.4) is 0 Å². The highest BCUT2D eigenvalue weighted by atomic mass is 16.3. The molecule has 0 aliphatic carbocycles. The van der Waals surface area contributed by atoms with Gasteiger partial charge in [-0.3, -0.25) is 0 Å². The Morgan fingerprint density at radius 1 is 0.382 bits per heavy atom. The Labute approximate surface area is 317 Å². The Bertz CT molecular complexity index is 3200. The van der Waals surface area contributed by atoms with Gasteiger partial charge in [0.25, 0.3) is 0 Å². The van der Waals surface area contributed by atoms with E-state index >= 15 is 0 Å². The summed E-state index contributed by atoms with van der Waals surface area (Å²) in [6, 6.07) is 68.1. The number of anilines is 3. The van der Waals surface area contributed by atoms with Gasteiger partial charge in [-0.05, 0) is 93.5 Å². The topological polar surface area (TPSA) is 42.4 Å². The Balaban J connectivity index is 1.12. The average Bonchev–Trinajstić information content (AvgIpc) is 3.87. The minimum Gasteiger partial charge on any atom is -0.456 e. The van der Waals surface area contributed by atoms with E-state index in [1.807, 2.05) is 54.6 Å². The molecular weight excluding hydrogens is 673 g/mol. The lowest BCUT2D eigenvalue weighted by molar-refractivity contribution is 0.620. The Morgan fingerprint density at radius 3 is 1.87 bits per heavy atom. The Hall–Kier alpha value is -7.43. The van der Waals surface area contributed by atoms with E-state index in [-0.39, 0.29) is 0 Å². The smallest absolute Gasteiger partial charge is 0.227 e. The molecule has 11 aromatic rings. The highest BCUT2D eigenvalue weighted by Crippen LogP contribution is 2.44. The predicted octanol–water partition coefficient (Wildman–Crippen LogP) is 14.5. The van der Waals surface area contributed by atoms with Crippen LogP contribution in [0.4, 0.5) is 17.1 Å². The van der Waals surface area contributed by atoms with E-state index in [0.29, 0.717) is 5.89 Å². The minimum atomic E-state index is 0.619. The van der Waals surface area contributed by atoms with Crippen LogP contribution in [0.5, 0.6) is 0 Å². The lowest BCUT2D eigenvalue weighted by atomic mass is 9.97. The molecule has 0 fully saturated rings. The zero-order chi connectivity index (χ0) is 36.3. The van der Waals surface area contributed by atoms with Gasteiger partial charge in [-0.15, -0.1) is 0 Å². The van der Waals surface area contributed by atoms with Gasteiger partial charge in [-0.1, -0.05) is 133 Å². The van der Waals surface area contributed by atoms with Crippen LogP contribution >= 0.6 is 0 Å². The second kappa shape index (κ2) is 12.6. The number of rotatable bonds is 6. The van der Waals surface area contributed by atoms with Crippen molar-refractivity contribution in [1.82, 2.24) is 4.98 Å². The molecule has 2 heterocycles. The number of hydrogen-bond donors (Lipinski definition) is 0. The summed E-state index contributed by atoms with van der Waals surface area (Å²) in [5.74, 6) is 0.619. The fourth-order valence-corrected chi connectivity index (χ4v) is 8.12. The van der Waals surface area contributed by atoms with Crippen molar-refractivity contribution in [3.8, 4) is 33.7 Å². The monoisotopic (exact) mass is 704 g/mol. The van der Waals surface area contributed by atoms with Gasteiger partial charge in [0.15, 0.2) is 5.58 Å². The lowest BCUT2D eigenvalue weighted by Gasteiger charge is -2.28. The SMILES string of the molecule is c1ccc(-c2nc3c(ccc4ccc5ccc(N(c6ccc(-c7cccc8oc9ccccc9c78)cc6)c6ccccc6-c6ccccc6)cc5c43)o2)cc1. The van der Waals surface area contributed by atoms with Crippen molar-refractivity contribution in [2.45, 2.75) is 0 Å². The summed E-state index contributed by atoms with van der Waals surface area (Å²) in [5.41, 5.74) is 12.1. The molecule has 0 aliphatic heterocycles. The van der Waals surface area contributed by atoms with Gasteiger partial charge in [-0.2, -0.15) is 0 Å².